The van der Waals surface area contributed by atoms with Crippen LogP contribution in [0.4, 0.5) is 5.82 Å². The van der Waals surface area contributed by atoms with E-state index in [-0.39, 0.29) is 5.75 Å². The largest absolute Gasteiger partial charge is 0.508 e. The van der Waals surface area contributed by atoms with Crippen LogP contribution in [0.5, 0.6) is 5.75 Å². The Hall–Kier alpha value is -2.10. The SMILES string of the molecule is CC.Cc1cc(N)nnc1-c1ccc(O)cc1. The summed E-state index contributed by atoms with van der Waals surface area (Å²) in [7, 11) is 0. The van der Waals surface area contributed by atoms with Gasteiger partial charge in [-0.15, -0.1) is 10.2 Å². The van der Waals surface area contributed by atoms with Gasteiger partial charge in [-0.1, -0.05) is 13.8 Å². The van der Waals surface area contributed by atoms with Crippen molar-refractivity contribution in [2.24, 2.45) is 0 Å². The van der Waals surface area contributed by atoms with E-state index in [2.05, 4.69) is 10.2 Å². The van der Waals surface area contributed by atoms with Gasteiger partial charge in [-0.2, -0.15) is 0 Å². The monoisotopic (exact) mass is 231 g/mol. The number of hydrogen-bond acceptors (Lipinski definition) is 4. The van der Waals surface area contributed by atoms with E-state index in [0.717, 1.165) is 16.8 Å². The minimum Gasteiger partial charge on any atom is -0.508 e. The second-order valence-corrected chi connectivity index (χ2v) is 3.35. The van der Waals surface area contributed by atoms with Gasteiger partial charge < -0.3 is 10.8 Å². The summed E-state index contributed by atoms with van der Waals surface area (Å²) in [5.41, 5.74) is 8.18. The molecule has 90 valence electrons. The highest BCUT2D eigenvalue weighted by atomic mass is 16.3. The van der Waals surface area contributed by atoms with E-state index >= 15 is 0 Å². The van der Waals surface area contributed by atoms with Crippen molar-refractivity contribution < 1.29 is 5.11 Å². The predicted molar refractivity (Wildman–Crippen MR) is 69.6 cm³/mol. The van der Waals surface area contributed by atoms with E-state index in [0.29, 0.717) is 5.82 Å². The van der Waals surface area contributed by atoms with E-state index in [1.165, 1.54) is 0 Å². The Labute approximate surface area is 101 Å². The molecule has 3 N–H and O–H groups in total. The molecule has 0 saturated heterocycles. The molecule has 0 radical (unpaired) electrons. The summed E-state index contributed by atoms with van der Waals surface area (Å²) >= 11 is 0. The summed E-state index contributed by atoms with van der Waals surface area (Å²) in [6, 6.07) is 8.60. The van der Waals surface area contributed by atoms with Gasteiger partial charge in [0.2, 0.25) is 0 Å². The lowest BCUT2D eigenvalue weighted by Gasteiger charge is -2.04. The molecular weight excluding hydrogens is 214 g/mol. The second kappa shape index (κ2) is 5.84. The highest BCUT2D eigenvalue weighted by Crippen LogP contribution is 2.22. The van der Waals surface area contributed by atoms with Gasteiger partial charge in [0.25, 0.3) is 0 Å². The first-order valence-corrected chi connectivity index (χ1v) is 5.56. The number of aryl methyl sites for hydroxylation is 1. The molecule has 1 heterocycles. The maximum atomic E-state index is 9.16. The van der Waals surface area contributed by atoms with Crippen molar-refractivity contribution in [1.82, 2.24) is 10.2 Å². The zero-order valence-corrected chi connectivity index (χ0v) is 10.3. The fourth-order valence-corrected chi connectivity index (χ4v) is 1.41. The fourth-order valence-electron chi connectivity index (χ4n) is 1.41. The van der Waals surface area contributed by atoms with Crippen LogP contribution in [0.25, 0.3) is 11.3 Å². The Kier molecular flexibility index (Phi) is 4.46. The van der Waals surface area contributed by atoms with Crippen molar-refractivity contribution in [1.29, 1.82) is 0 Å². The van der Waals surface area contributed by atoms with Crippen LogP contribution in [0, 0.1) is 6.92 Å². The first-order chi connectivity index (χ1) is 8.16. The molecule has 4 nitrogen and oxygen atoms in total. The van der Waals surface area contributed by atoms with Crippen molar-refractivity contribution in [2.45, 2.75) is 20.8 Å². The first-order valence-electron chi connectivity index (χ1n) is 5.56. The smallest absolute Gasteiger partial charge is 0.146 e. The predicted octanol–water partition coefficient (Wildman–Crippen LogP) is 2.77. The molecule has 2 aromatic rings. The van der Waals surface area contributed by atoms with Crippen LogP contribution in [0.3, 0.4) is 0 Å². The second-order valence-electron chi connectivity index (χ2n) is 3.35. The zero-order chi connectivity index (χ0) is 12.8. The Morgan fingerprint density at radius 1 is 1.06 bits per heavy atom. The number of aromatic nitrogens is 2. The molecule has 0 aliphatic carbocycles. The Morgan fingerprint density at radius 3 is 2.18 bits per heavy atom. The third-order valence-corrected chi connectivity index (χ3v) is 2.14. The zero-order valence-electron chi connectivity index (χ0n) is 10.3. The number of nitrogens with two attached hydrogens (primary N) is 1. The number of aromatic hydroxyl groups is 1. The maximum absolute atomic E-state index is 9.16. The van der Waals surface area contributed by atoms with Crippen LogP contribution < -0.4 is 5.73 Å². The highest BCUT2D eigenvalue weighted by Gasteiger charge is 2.04. The first kappa shape index (κ1) is 13.0. The molecule has 0 spiro atoms. The number of hydrogen-bond donors (Lipinski definition) is 2. The minimum absolute atomic E-state index is 0.236. The van der Waals surface area contributed by atoms with E-state index in [9.17, 15) is 0 Å². The lowest BCUT2D eigenvalue weighted by atomic mass is 10.1. The molecule has 0 aliphatic heterocycles. The Bertz CT molecular complexity index is 481. The third-order valence-electron chi connectivity index (χ3n) is 2.14. The van der Waals surface area contributed by atoms with Gasteiger partial charge in [0.15, 0.2) is 0 Å². The number of benzene rings is 1. The quantitative estimate of drug-likeness (QED) is 0.791. The number of anilines is 1. The molecule has 4 heteroatoms. The van der Waals surface area contributed by atoms with Gasteiger partial charge in [0, 0.05) is 5.56 Å². The number of phenols is 1. The van der Waals surface area contributed by atoms with Gasteiger partial charge in [-0.05, 0) is 42.8 Å². The van der Waals surface area contributed by atoms with E-state index < -0.39 is 0 Å². The standard InChI is InChI=1S/C11H11N3O.C2H6/c1-7-6-10(12)13-14-11(7)8-2-4-9(15)5-3-8;1-2/h2-6,15H,1H3,(H2,12,13);1-2H3. The van der Waals surface area contributed by atoms with Gasteiger partial charge in [0.1, 0.15) is 11.6 Å². The molecule has 2 rings (SSSR count). The average molecular weight is 231 g/mol. The molecule has 0 saturated carbocycles. The molecule has 0 bridgehead atoms. The van der Waals surface area contributed by atoms with Gasteiger partial charge in [0.05, 0.1) is 5.69 Å². The average Bonchev–Trinajstić information content (AvgIpc) is 2.33. The molecule has 0 atom stereocenters. The van der Waals surface area contributed by atoms with Crippen molar-refractivity contribution in [3.63, 3.8) is 0 Å². The third kappa shape index (κ3) is 3.17. The Morgan fingerprint density at radius 2 is 1.65 bits per heavy atom. The molecule has 17 heavy (non-hydrogen) atoms. The molecule has 0 amide bonds. The Balaban J connectivity index is 0.000000686. The maximum Gasteiger partial charge on any atom is 0.146 e. The van der Waals surface area contributed by atoms with Crippen molar-refractivity contribution in [2.75, 3.05) is 5.73 Å². The van der Waals surface area contributed by atoms with E-state index in [4.69, 9.17) is 10.8 Å². The highest BCUT2D eigenvalue weighted by molar-refractivity contribution is 5.64. The number of phenolic OH excluding ortho intramolecular Hbond substituents is 1. The van der Waals surface area contributed by atoms with Gasteiger partial charge in [-0.3, -0.25) is 0 Å². The molecule has 1 aromatic heterocycles. The number of nitrogens with zero attached hydrogens (tertiary/aromatic N) is 2. The summed E-state index contributed by atoms with van der Waals surface area (Å²) in [5, 5.41) is 17.0. The summed E-state index contributed by atoms with van der Waals surface area (Å²) in [6.07, 6.45) is 0. The van der Waals surface area contributed by atoms with Crippen LogP contribution in [0.15, 0.2) is 30.3 Å². The van der Waals surface area contributed by atoms with E-state index in [1.54, 1.807) is 30.3 Å². The van der Waals surface area contributed by atoms with Crippen molar-refractivity contribution >= 4 is 5.82 Å². The molecule has 1 aromatic carbocycles. The fraction of sp³-hybridized carbons (Fsp3) is 0.231. The van der Waals surface area contributed by atoms with E-state index in [1.807, 2.05) is 20.8 Å². The van der Waals surface area contributed by atoms with Crippen LogP contribution >= 0.6 is 0 Å². The minimum atomic E-state index is 0.236. The summed E-state index contributed by atoms with van der Waals surface area (Å²) in [6.45, 7) is 5.92. The van der Waals surface area contributed by atoms with Gasteiger partial charge >= 0.3 is 0 Å². The molecular formula is C13H17N3O. The topological polar surface area (TPSA) is 72.0 Å². The van der Waals surface area contributed by atoms with Crippen LogP contribution in [-0.4, -0.2) is 15.3 Å². The lowest BCUT2D eigenvalue weighted by molar-refractivity contribution is 0.475. The van der Waals surface area contributed by atoms with Gasteiger partial charge in [-0.25, -0.2) is 0 Å². The lowest BCUT2D eigenvalue weighted by Crippen LogP contribution is -1.97. The normalized spacial score (nSPS) is 9.35. The molecule has 0 fully saturated rings. The summed E-state index contributed by atoms with van der Waals surface area (Å²) in [5.74, 6) is 0.648. The summed E-state index contributed by atoms with van der Waals surface area (Å²) in [4.78, 5) is 0. The molecule has 0 aliphatic rings. The van der Waals surface area contributed by atoms with Crippen LogP contribution in [0.2, 0.25) is 0 Å². The van der Waals surface area contributed by atoms with Crippen LogP contribution in [-0.2, 0) is 0 Å². The molecule has 0 unspecified atom stereocenters. The summed E-state index contributed by atoms with van der Waals surface area (Å²) < 4.78 is 0. The van der Waals surface area contributed by atoms with Crippen molar-refractivity contribution in [3.8, 4) is 17.0 Å². The van der Waals surface area contributed by atoms with Crippen LogP contribution in [0.1, 0.15) is 19.4 Å². The number of rotatable bonds is 1. The van der Waals surface area contributed by atoms with Crippen molar-refractivity contribution in [3.05, 3.63) is 35.9 Å². The number of nitrogen functional groups attached to an aromatic ring is 1.